The summed E-state index contributed by atoms with van der Waals surface area (Å²) in [6, 6.07) is 20.8. The van der Waals surface area contributed by atoms with E-state index in [1.54, 1.807) is 6.07 Å². The van der Waals surface area contributed by atoms with Crippen LogP contribution in [0, 0.1) is 20.8 Å². The minimum Gasteiger partial charge on any atom is -0.325 e. The van der Waals surface area contributed by atoms with Gasteiger partial charge >= 0.3 is 0 Å². The largest absolute Gasteiger partial charge is 0.325 e. The Bertz CT molecular complexity index is 1030. The number of hydrogen-bond donors (Lipinski definition) is 2. The summed E-state index contributed by atoms with van der Waals surface area (Å²) in [5.41, 5.74) is 5.43. The molecule has 0 aliphatic carbocycles. The zero-order valence-electron chi connectivity index (χ0n) is 16.8. The molecule has 5 heteroatoms. The molecule has 0 radical (unpaired) electrons. The molecule has 0 aliphatic heterocycles. The molecule has 2 amide bonds. The van der Waals surface area contributed by atoms with Crippen molar-refractivity contribution in [3.63, 3.8) is 0 Å². The van der Waals surface area contributed by atoms with Gasteiger partial charge in [0.2, 0.25) is 5.91 Å². The van der Waals surface area contributed by atoms with Crippen LogP contribution in [-0.4, -0.2) is 17.6 Å². The highest BCUT2D eigenvalue weighted by Gasteiger charge is 2.14. The number of thioether (sulfide) groups is 1. The lowest BCUT2D eigenvalue weighted by atomic mass is 10.1. The number of amides is 2. The van der Waals surface area contributed by atoms with Crippen LogP contribution >= 0.6 is 11.8 Å². The summed E-state index contributed by atoms with van der Waals surface area (Å²) in [7, 11) is 0. The Labute approximate surface area is 175 Å². The van der Waals surface area contributed by atoms with Gasteiger partial charge in [0.15, 0.2) is 0 Å². The van der Waals surface area contributed by atoms with Gasteiger partial charge in [-0.15, -0.1) is 11.8 Å². The smallest absolute Gasteiger partial charge is 0.256 e. The summed E-state index contributed by atoms with van der Waals surface area (Å²) in [6.07, 6.45) is 0. The van der Waals surface area contributed by atoms with E-state index in [1.807, 2.05) is 81.4 Å². The summed E-state index contributed by atoms with van der Waals surface area (Å²) in [6.45, 7) is 6.00. The van der Waals surface area contributed by atoms with Crippen LogP contribution in [0.2, 0.25) is 0 Å². The third-order valence-corrected chi connectivity index (χ3v) is 5.75. The Morgan fingerprint density at radius 1 is 0.828 bits per heavy atom. The molecular weight excluding hydrogens is 380 g/mol. The van der Waals surface area contributed by atoms with Crippen LogP contribution in [0.3, 0.4) is 0 Å². The van der Waals surface area contributed by atoms with Crippen LogP contribution in [-0.2, 0) is 4.79 Å². The summed E-state index contributed by atoms with van der Waals surface area (Å²) >= 11 is 1.35. The molecule has 4 nitrogen and oxygen atoms in total. The van der Waals surface area contributed by atoms with Crippen LogP contribution < -0.4 is 10.6 Å². The molecule has 3 aromatic rings. The molecule has 0 aromatic heterocycles. The van der Waals surface area contributed by atoms with Crippen LogP contribution in [0.4, 0.5) is 11.4 Å². The normalized spacial score (nSPS) is 10.4. The highest BCUT2D eigenvalue weighted by atomic mass is 32.2. The van der Waals surface area contributed by atoms with Gasteiger partial charge in [-0.1, -0.05) is 42.0 Å². The van der Waals surface area contributed by atoms with Gasteiger partial charge in [-0.25, -0.2) is 0 Å². The van der Waals surface area contributed by atoms with Crippen molar-refractivity contribution in [1.29, 1.82) is 0 Å². The molecule has 3 rings (SSSR count). The lowest BCUT2D eigenvalue weighted by molar-refractivity contribution is -0.113. The fourth-order valence-corrected chi connectivity index (χ4v) is 3.68. The van der Waals surface area contributed by atoms with Crippen molar-refractivity contribution in [3.8, 4) is 0 Å². The van der Waals surface area contributed by atoms with Crippen molar-refractivity contribution in [2.24, 2.45) is 0 Å². The highest BCUT2D eigenvalue weighted by Crippen LogP contribution is 2.25. The maximum absolute atomic E-state index is 12.8. The predicted molar refractivity (Wildman–Crippen MR) is 121 cm³/mol. The predicted octanol–water partition coefficient (Wildman–Crippen LogP) is 5.59. The summed E-state index contributed by atoms with van der Waals surface area (Å²) in [5, 5.41) is 5.87. The first kappa shape index (κ1) is 20.7. The van der Waals surface area contributed by atoms with Crippen molar-refractivity contribution in [2.75, 3.05) is 16.4 Å². The van der Waals surface area contributed by atoms with E-state index in [1.165, 1.54) is 11.8 Å². The van der Waals surface area contributed by atoms with Gasteiger partial charge in [-0.2, -0.15) is 0 Å². The molecule has 3 aromatic carbocycles. The minimum atomic E-state index is -0.180. The first-order valence-corrected chi connectivity index (χ1v) is 10.4. The monoisotopic (exact) mass is 404 g/mol. The molecule has 0 aliphatic rings. The molecule has 0 saturated heterocycles. The number of hydrogen-bond acceptors (Lipinski definition) is 3. The van der Waals surface area contributed by atoms with Crippen molar-refractivity contribution in [2.45, 2.75) is 25.7 Å². The van der Waals surface area contributed by atoms with E-state index >= 15 is 0 Å². The second-order valence-corrected chi connectivity index (χ2v) is 7.92. The van der Waals surface area contributed by atoms with Gasteiger partial charge in [0.1, 0.15) is 0 Å². The Kier molecular flexibility index (Phi) is 6.73. The molecule has 2 N–H and O–H groups in total. The zero-order chi connectivity index (χ0) is 20.8. The lowest BCUT2D eigenvalue weighted by Crippen LogP contribution is -2.16. The lowest BCUT2D eigenvalue weighted by Gasteiger charge is -2.13. The van der Waals surface area contributed by atoms with E-state index < -0.39 is 0 Å². The van der Waals surface area contributed by atoms with E-state index in [-0.39, 0.29) is 17.6 Å². The average Bonchev–Trinajstić information content (AvgIpc) is 2.72. The number of aryl methyl sites for hydroxylation is 2. The van der Waals surface area contributed by atoms with Gasteiger partial charge in [-0.3, -0.25) is 9.59 Å². The number of rotatable bonds is 6. The molecule has 29 heavy (non-hydrogen) atoms. The molecule has 0 spiro atoms. The molecule has 0 saturated carbocycles. The van der Waals surface area contributed by atoms with Crippen LogP contribution in [0.15, 0.2) is 71.6 Å². The number of carbonyl (C=O) groups is 2. The van der Waals surface area contributed by atoms with Crippen LogP contribution in [0.5, 0.6) is 0 Å². The number of nitrogens with one attached hydrogen (secondary N) is 2. The van der Waals surface area contributed by atoms with Crippen molar-refractivity contribution < 1.29 is 9.59 Å². The van der Waals surface area contributed by atoms with Gasteiger partial charge in [0.05, 0.1) is 11.3 Å². The van der Waals surface area contributed by atoms with Gasteiger partial charge in [-0.05, 0) is 62.2 Å². The van der Waals surface area contributed by atoms with Gasteiger partial charge < -0.3 is 10.6 Å². The van der Waals surface area contributed by atoms with Crippen molar-refractivity contribution in [1.82, 2.24) is 0 Å². The number of anilines is 2. The van der Waals surface area contributed by atoms with Crippen LogP contribution in [0.25, 0.3) is 0 Å². The fourth-order valence-electron chi connectivity index (χ4n) is 2.83. The summed E-state index contributed by atoms with van der Waals surface area (Å²) < 4.78 is 0. The second kappa shape index (κ2) is 9.43. The molecule has 148 valence electrons. The number of benzene rings is 3. The third-order valence-electron chi connectivity index (χ3n) is 4.68. The van der Waals surface area contributed by atoms with E-state index in [4.69, 9.17) is 0 Å². The van der Waals surface area contributed by atoms with Gasteiger partial charge in [0, 0.05) is 16.3 Å². The maximum Gasteiger partial charge on any atom is 0.256 e. The van der Waals surface area contributed by atoms with Gasteiger partial charge in [0.25, 0.3) is 5.91 Å². The topological polar surface area (TPSA) is 58.2 Å². The Morgan fingerprint density at radius 2 is 1.55 bits per heavy atom. The molecular formula is C24H24N2O2S. The van der Waals surface area contributed by atoms with Crippen molar-refractivity contribution >= 4 is 35.0 Å². The Balaban J connectivity index is 1.66. The third kappa shape index (κ3) is 5.48. The molecule has 0 fully saturated rings. The van der Waals surface area contributed by atoms with E-state index in [9.17, 15) is 9.59 Å². The molecule has 0 heterocycles. The summed E-state index contributed by atoms with van der Waals surface area (Å²) in [5.74, 6) is -0.0638. The minimum absolute atomic E-state index is 0.108. The van der Waals surface area contributed by atoms with E-state index in [2.05, 4.69) is 10.6 Å². The first-order chi connectivity index (χ1) is 13.9. The highest BCUT2D eigenvalue weighted by molar-refractivity contribution is 8.00. The van der Waals surface area contributed by atoms with E-state index in [0.717, 1.165) is 33.0 Å². The molecule has 0 unspecified atom stereocenters. The number of carbonyl (C=O) groups excluding carboxylic acids is 2. The molecule has 0 atom stereocenters. The van der Waals surface area contributed by atoms with Crippen LogP contribution in [0.1, 0.15) is 27.0 Å². The maximum atomic E-state index is 12.8. The average molecular weight is 405 g/mol. The fraction of sp³-hybridized carbons (Fsp3) is 0.167. The zero-order valence-corrected chi connectivity index (χ0v) is 17.6. The molecule has 0 bridgehead atoms. The first-order valence-electron chi connectivity index (χ1n) is 9.40. The second-order valence-electron chi connectivity index (χ2n) is 6.90. The standard InChI is InChI=1S/C24H24N2O2S/c1-16-11-13-19(14-12-16)25-23(27)15-29-22-10-5-4-8-20(22)24(28)26-21-9-6-7-17(2)18(21)3/h4-14H,15H2,1-3H3,(H,25,27)(H,26,28). The summed E-state index contributed by atoms with van der Waals surface area (Å²) in [4.78, 5) is 25.9. The Hall–Kier alpha value is -3.05. The quantitative estimate of drug-likeness (QED) is 0.526. The van der Waals surface area contributed by atoms with E-state index in [0.29, 0.717) is 5.56 Å². The van der Waals surface area contributed by atoms with Crippen molar-refractivity contribution in [3.05, 3.63) is 89.0 Å². The SMILES string of the molecule is Cc1ccc(NC(=O)CSc2ccccc2C(=O)Nc2cccc(C)c2C)cc1. The Morgan fingerprint density at radius 3 is 2.31 bits per heavy atom.